The predicted octanol–water partition coefficient (Wildman–Crippen LogP) is 1.49. The Morgan fingerprint density at radius 2 is 2.14 bits per heavy atom. The minimum atomic E-state index is -0.494. The van der Waals surface area contributed by atoms with Gasteiger partial charge in [-0.2, -0.15) is 0 Å². The lowest BCUT2D eigenvalue weighted by atomic mass is 9.84. The highest BCUT2D eigenvalue weighted by Gasteiger charge is 2.42. The van der Waals surface area contributed by atoms with Crippen LogP contribution >= 0.6 is 11.8 Å². The molecule has 0 spiro atoms. The average Bonchev–Trinajstić information content (AvgIpc) is 3.40. The first-order valence-electron chi connectivity index (χ1n) is 10.2. The van der Waals surface area contributed by atoms with E-state index in [1.807, 2.05) is 0 Å². The van der Waals surface area contributed by atoms with Crippen LogP contribution in [0.2, 0.25) is 0 Å². The number of carbonyl (C=O) groups excluding carboxylic acids is 3. The lowest BCUT2D eigenvalue weighted by molar-refractivity contribution is -0.125. The Bertz CT molecular complexity index is 799. The second-order valence-electron chi connectivity index (χ2n) is 8.51. The standard InChI is InChI=1S/C19H27N5O4S/c1-9(13-6-11-3-4-12(13)5-11)20-15(25)8-29-19-24-23-16(28-19)7-14-10(2)21-18(27)22-17(14)26/h9-14H,3-8H2,1-2H3,(H,20,25)(H2,21,22,26,27). The summed E-state index contributed by atoms with van der Waals surface area (Å²) in [7, 11) is 0. The van der Waals surface area contributed by atoms with Gasteiger partial charge in [-0.3, -0.25) is 14.9 Å². The molecule has 3 N–H and O–H groups in total. The molecule has 4 rings (SSSR count). The van der Waals surface area contributed by atoms with Crippen molar-refractivity contribution in [1.82, 2.24) is 26.1 Å². The molecular weight excluding hydrogens is 394 g/mol. The summed E-state index contributed by atoms with van der Waals surface area (Å²) in [5, 5.41) is 16.2. The van der Waals surface area contributed by atoms with Crippen LogP contribution in [0.3, 0.4) is 0 Å². The number of amides is 4. The fraction of sp³-hybridized carbons (Fsp3) is 0.737. The number of fused-ring (bicyclic) bond motifs is 2. The van der Waals surface area contributed by atoms with Crippen molar-refractivity contribution in [2.75, 3.05) is 5.75 Å². The molecule has 3 aliphatic rings. The topological polar surface area (TPSA) is 126 Å². The van der Waals surface area contributed by atoms with E-state index in [9.17, 15) is 14.4 Å². The van der Waals surface area contributed by atoms with Gasteiger partial charge in [0, 0.05) is 18.5 Å². The third-order valence-corrected chi connectivity index (χ3v) is 7.35. The van der Waals surface area contributed by atoms with Crippen molar-refractivity contribution in [1.29, 1.82) is 0 Å². The molecule has 6 unspecified atom stereocenters. The molecule has 1 saturated heterocycles. The molecule has 10 heteroatoms. The molecule has 2 saturated carbocycles. The fourth-order valence-electron chi connectivity index (χ4n) is 5.05. The van der Waals surface area contributed by atoms with Gasteiger partial charge in [-0.05, 0) is 50.9 Å². The van der Waals surface area contributed by atoms with E-state index in [1.54, 1.807) is 6.92 Å². The van der Waals surface area contributed by atoms with Crippen LogP contribution in [0.15, 0.2) is 9.64 Å². The summed E-state index contributed by atoms with van der Waals surface area (Å²) >= 11 is 1.19. The lowest BCUT2D eigenvalue weighted by Gasteiger charge is -2.28. The Morgan fingerprint density at radius 3 is 2.83 bits per heavy atom. The molecule has 0 aromatic carbocycles. The number of nitrogens with one attached hydrogen (secondary N) is 3. The molecule has 3 fully saturated rings. The first-order chi connectivity index (χ1) is 13.9. The van der Waals surface area contributed by atoms with Gasteiger partial charge in [0.1, 0.15) is 0 Å². The molecule has 1 aliphatic heterocycles. The highest BCUT2D eigenvalue weighted by molar-refractivity contribution is 7.99. The first-order valence-corrected chi connectivity index (χ1v) is 11.2. The number of nitrogens with zero attached hydrogens (tertiary/aromatic N) is 2. The molecule has 1 aromatic heterocycles. The molecule has 2 heterocycles. The minimum absolute atomic E-state index is 0.0342. The van der Waals surface area contributed by atoms with Crippen LogP contribution in [0.1, 0.15) is 45.4 Å². The van der Waals surface area contributed by atoms with Gasteiger partial charge >= 0.3 is 6.03 Å². The maximum Gasteiger partial charge on any atom is 0.321 e. The summed E-state index contributed by atoms with van der Waals surface area (Å²) in [6, 6.07) is -0.623. The number of imide groups is 1. The molecular formula is C19H27N5O4S. The van der Waals surface area contributed by atoms with E-state index in [1.165, 1.54) is 37.4 Å². The number of urea groups is 1. The van der Waals surface area contributed by atoms with E-state index in [-0.39, 0.29) is 36.1 Å². The smallest absolute Gasteiger partial charge is 0.321 e. The first kappa shape index (κ1) is 20.2. The van der Waals surface area contributed by atoms with Gasteiger partial charge in [0.15, 0.2) is 0 Å². The quantitative estimate of drug-likeness (QED) is 0.569. The number of hydrogen-bond donors (Lipinski definition) is 3. The van der Waals surface area contributed by atoms with Crippen molar-refractivity contribution >= 4 is 29.6 Å². The Labute approximate surface area is 173 Å². The fourth-order valence-corrected chi connectivity index (χ4v) is 5.64. The zero-order chi connectivity index (χ0) is 20.5. The van der Waals surface area contributed by atoms with Crippen molar-refractivity contribution in [3.63, 3.8) is 0 Å². The van der Waals surface area contributed by atoms with E-state index in [0.717, 1.165) is 11.8 Å². The summed E-state index contributed by atoms with van der Waals surface area (Å²) in [6.07, 6.45) is 5.45. The number of aromatic nitrogens is 2. The van der Waals surface area contributed by atoms with Gasteiger partial charge in [-0.25, -0.2) is 4.79 Å². The third kappa shape index (κ3) is 4.57. The second-order valence-corrected chi connectivity index (χ2v) is 9.43. The highest BCUT2D eigenvalue weighted by Crippen LogP contribution is 2.49. The third-order valence-electron chi connectivity index (χ3n) is 6.53. The molecule has 2 bridgehead atoms. The Morgan fingerprint density at radius 1 is 1.31 bits per heavy atom. The van der Waals surface area contributed by atoms with Gasteiger partial charge < -0.3 is 15.1 Å². The number of rotatable bonds is 7. The normalized spacial score (nSPS) is 32.0. The maximum atomic E-state index is 12.3. The van der Waals surface area contributed by atoms with E-state index in [4.69, 9.17) is 4.42 Å². The van der Waals surface area contributed by atoms with Crippen LogP contribution in [0.25, 0.3) is 0 Å². The van der Waals surface area contributed by atoms with Crippen molar-refractivity contribution in [2.24, 2.45) is 23.7 Å². The van der Waals surface area contributed by atoms with Crippen LogP contribution in [-0.2, 0) is 16.0 Å². The summed E-state index contributed by atoms with van der Waals surface area (Å²) in [4.78, 5) is 35.6. The number of carbonyl (C=O) groups is 3. The molecule has 6 atom stereocenters. The average molecular weight is 422 g/mol. The van der Waals surface area contributed by atoms with E-state index in [2.05, 4.69) is 33.1 Å². The maximum absolute atomic E-state index is 12.3. The Kier molecular flexibility index (Phi) is 5.80. The predicted molar refractivity (Wildman–Crippen MR) is 105 cm³/mol. The zero-order valence-electron chi connectivity index (χ0n) is 16.6. The highest BCUT2D eigenvalue weighted by atomic mass is 32.2. The van der Waals surface area contributed by atoms with E-state index < -0.39 is 11.9 Å². The zero-order valence-corrected chi connectivity index (χ0v) is 17.5. The molecule has 0 radical (unpaired) electrons. The molecule has 1 aromatic rings. The summed E-state index contributed by atoms with van der Waals surface area (Å²) in [6.45, 7) is 3.86. The Balaban J connectivity index is 1.23. The summed E-state index contributed by atoms with van der Waals surface area (Å²) in [5.74, 6) is 1.88. The molecule has 158 valence electrons. The Hall–Kier alpha value is -2.10. The van der Waals surface area contributed by atoms with Gasteiger partial charge in [0.05, 0.1) is 11.7 Å². The summed E-state index contributed by atoms with van der Waals surface area (Å²) < 4.78 is 5.57. The molecule has 9 nitrogen and oxygen atoms in total. The number of hydrogen-bond acceptors (Lipinski definition) is 7. The van der Waals surface area contributed by atoms with Crippen molar-refractivity contribution in [3.8, 4) is 0 Å². The van der Waals surface area contributed by atoms with E-state index >= 15 is 0 Å². The molecule has 4 amide bonds. The van der Waals surface area contributed by atoms with Crippen LogP contribution in [0, 0.1) is 23.7 Å². The van der Waals surface area contributed by atoms with Crippen molar-refractivity contribution < 1.29 is 18.8 Å². The van der Waals surface area contributed by atoms with Crippen LogP contribution in [0.5, 0.6) is 0 Å². The van der Waals surface area contributed by atoms with Gasteiger partial charge in [0.25, 0.3) is 5.22 Å². The molecule has 2 aliphatic carbocycles. The largest absolute Gasteiger partial charge is 0.416 e. The van der Waals surface area contributed by atoms with Gasteiger partial charge in [-0.1, -0.05) is 18.2 Å². The van der Waals surface area contributed by atoms with Gasteiger partial charge in [0.2, 0.25) is 17.7 Å². The molecule has 29 heavy (non-hydrogen) atoms. The van der Waals surface area contributed by atoms with Crippen LogP contribution in [-0.4, -0.2) is 45.9 Å². The second kappa shape index (κ2) is 8.33. The lowest BCUT2D eigenvalue weighted by Crippen LogP contribution is -2.57. The van der Waals surface area contributed by atoms with Crippen molar-refractivity contribution in [2.45, 2.75) is 63.3 Å². The van der Waals surface area contributed by atoms with Crippen LogP contribution < -0.4 is 16.0 Å². The van der Waals surface area contributed by atoms with Gasteiger partial charge in [-0.15, -0.1) is 10.2 Å². The van der Waals surface area contributed by atoms with Crippen LogP contribution in [0.4, 0.5) is 4.79 Å². The monoisotopic (exact) mass is 421 g/mol. The van der Waals surface area contributed by atoms with Crippen molar-refractivity contribution in [3.05, 3.63) is 5.89 Å². The van der Waals surface area contributed by atoms with E-state index in [0.29, 0.717) is 17.0 Å². The number of thioether (sulfide) groups is 1. The summed E-state index contributed by atoms with van der Waals surface area (Å²) in [5.41, 5.74) is 0. The SMILES string of the molecule is CC1NC(=O)NC(=O)C1Cc1nnc(SCC(=O)NC(C)C2CC3CCC2C3)o1. The minimum Gasteiger partial charge on any atom is -0.416 e.